The Morgan fingerprint density at radius 2 is 1.85 bits per heavy atom. The lowest BCUT2D eigenvalue weighted by atomic mass is 10.1. The molecule has 0 saturated carbocycles. The van der Waals surface area contributed by atoms with Crippen molar-refractivity contribution in [1.29, 1.82) is 0 Å². The van der Waals surface area contributed by atoms with E-state index in [1.165, 1.54) is 17.7 Å². The molecule has 2 rings (SSSR count). The first kappa shape index (κ1) is 14.1. The largest absolute Gasteiger partial charge is 0.334 e. The van der Waals surface area contributed by atoms with E-state index in [2.05, 4.69) is 17.6 Å². The van der Waals surface area contributed by atoms with Crippen LogP contribution in [0.25, 0.3) is 0 Å². The summed E-state index contributed by atoms with van der Waals surface area (Å²) in [6, 6.07) is 13.5. The summed E-state index contributed by atoms with van der Waals surface area (Å²) in [5.41, 5.74) is 2.68. The summed E-state index contributed by atoms with van der Waals surface area (Å²) in [6.07, 6.45) is 0.964. The monoisotopic (exact) mass is 272 g/mol. The van der Waals surface area contributed by atoms with Gasteiger partial charge in [0.1, 0.15) is 5.82 Å². The van der Waals surface area contributed by atoms with Gasteiger partial charge in [0.2, 0.25) is 0 Å². The number of nitrogens with one attached hydrogen (secondary N) is 2. The van der Waals surface area contributed by atoms with E-state index in [1.54, 1.807) is 12.1 Å². The minimum absolute atomic E-state index is 0.288. The van der Waals surface area contributed by atoms with Gasteiger partial charge in [0.25, 0.3) is 0 Å². The molecule has 20 heavy (non-hydrogen) atoms. The van der Waals surface area contributed by atoms with Crippen molar-refractivity contribution in [2.45, 2.75) is 19.9 Å². The first-order valence-corrected chi connectivity index (χ1v) is 6.55. The van der Waals surface area contributed by atoms with E-state index in [0.29, 0.717) is 0 Å². The highest BCUT2D eigenvalue weighted by atomic mass is 19.1. The zero-order valence-electron chi connectivity index (χ0n) is 11.3. The molecule has 0 aliphatic carbocycles. The molecule has 0 atom stereocenters. The number of hydrogen-bond donors (Lipinski definition) is 2. The molecule has 0 radical (unpaired) electrons. The average molecular weight is 272 g/mol. The molecule has 2 aromatic carbocycles. The van der Waals surface area contributed by atoms with E-state index >= 15 is 0 Å². The zero-order valence-corrected chi connectivity index (χ0v) is 11.3. The maximum absolute atomic E-state index is 13.0. The van der Waals surface area contributed by atoms with Crippen molar-refractivity contribution in [1.82, 2.24) is 5.32 Å². The summed E-state index contributed by atoms with van der Waals surface area (Å²) >= 11 is 0. The molecule has 0 aliphatic rings. The Bertz CT molecular complexity index is 581. The third-order valence-corrected chi connectivity index (χ3v) is 2.96. The summed E-state index contributed by atoms with van der Waals surface area (Å²) in [4.78, 5) is 11.7. The van der Waals surface area contributed by atoms with Crippen molar-refractivity contribution >= 4 is 11.7 Å². The maximum Gasteiger partial charge on any atom is 0.319 e. The number of amides is 2. The lowest BCUT2D eigenvalue weighted by Gasteiger charge is -2.08. The Kier molecular flexibility index (Phi) is 4.71. The fraction of sp³-hybridized carbons (Fsp3) is 0.188. The van der Waals surface area contributed by atoms with Crippen LogP contribution in [-0.2, 0) is 13.0 Å². The van der Waals surface area contributed by atoms with Gasteiger partial charge in [-0.2, -0.15) is 0 Å². The minimum atomic E-state index is -0.307. The van der Waals surface area contributed by atoms with Gasteiger partial charge in [-0.15, -0.1) is 0 Å². The molecule has 2 amide bonds. The van der Waals surface area contributed by atoms with Gasteiger partial charge in [-0.05, 0) is 41.8 Å². The highest BCUT2D eigenvalue weighted by Crippen LogP contribution is 2.10. The number of hydrogen-bond acceptors (Lipinski definition) is 1. The molecule has 0 aromatic heterocycles. The second-order valence-electron chi connectivity index (χ2n) is 4.49. The van der Waals surface area contributed by atoms with E-state index in [0.717, 1.165) is 17.7 Å². The predicted molar refractivity (Wildman–Crippen MR) is 78.1 cm³/mol. The molecule has 3 nitrogen and oxygen atoms in total. The third-order valence-electron chi connectivity index (χ3n) is 2.96. The van der Waals surface area contributed by atoms with Crippen LogP contribution in [0.1, 0.15) is 18.1 Å². The fourth-order valence-electron chi connectivity index (χ4n) is 1.83. The van der Waals surface area contributed by atoms with Gasteiger partial charge in [0.15, 0.2) is 0 Å². The van der Waals surface area contributed by atoms with Crippen molar-refractivity contribution in [3.63, 3.8) is 0 Å². The molecule has 4 heteroatoms. The van der Waals surface area contributed by atoms with Gasteiger partial charge in [-0.3, -0.25) is 0 Å². The number of benzene rings is 2. The molecular weight excluding hydrogens is 255 g/mol. The molecule has 0 bridgehead atoms. The Morgan fingerprint density at radius 1 is 1.10 bits per heavy atom. The smallest absolute Gasteiger partial charge is 0.319 e. The van der Waals surface area contributed by atoms with Crippen LogP contribution in [0, 0.1) is 5.82 Å². The number of carbonyl (C=O) groups is 1. The minimum Gasteiger partial charge on any atom is -0.334 e. The highest BCUT2D eigenvalue weighted by molar-refractivity contribution is 5.89. The van der Waals surface area contributed by atoms with E-state index < -0.39 is 0 Å². The lowest BCUT2D eigenvalue weighted by molar-refractivity contribution is 0.251. The van der Waals surface area contributed by atoms with Gasteiger partial charge in [-0.25, -0.2) is 9.18 Å². The second kappa shape index (κ2) is 6.70. The topological polar surface area (TPSA) is 41.1 Å². The molecule has 0 saturated heterocycles. The summed E-state index contributed by atoms with van der Waals surface area (Å²) < 4.78 is 13.0. The number of aryl methyl sites for hydroxylation is 1. The van der Waals surface area contributed by atoms with Gasteiger partial charge < -0.3 is 10.6 Å². The zero-order chi connectivity index (χ0) is 14.4. The van der Waals surface area contributed by atoms with E-state index in [-0.39, 0.29) is 18.4 Å². The third kappa shape index (κ3) is 4.09. The van der Waals surface area contributed by atoms with Crippen LogP contribution in [0.4, 0.5) is 14.9 Å². The standard InChI is InChI=1S/C16H17FN2O/c1-2-12-6-8-15(9-7-12)19-16(20)18-11-13-4-3-5-14(17)10-13/h3-10H,2,11H2,1H3,(H2,18,19,20). The predicted octanol–water partition coefficient (Wildman–Crippen LogP) is 3.71. The van der Waals surface area contributed by atoms with Gasteiger partial charge in [0, 0.05) is 12.2 Å². The normalized spacial score (nSPS) is 10.1. The fourth-order valence-corrected chi connectivity index (χ4v) is 1.83. The Hall–Kier alpha value is -2.36. The van der Waals surface area contributed by atoms with Gasteiger partial charge in [-0.1, -0.05) is 31.2 Å². The second-order valence-corrected chi connectivity index (χ2v) is 4.49. The summed E-state index contributed by atoms with van der Waals surface area (Å²) in [5.74, 6) is -0.306. The van der Waals surface area contributed by atoms with Crippen LogP contribution in [-0.4, -0.2) is 6.03 Å². The summed E-state index contributed by atoms with van der Waals surface area (Å²) in [5, 5.41) is 5.42. The molecule has 0 heterocycles. The first-order valence-electron chi connectivity index (χ1n) is 6.55. The van der Waals surface area contributed by atoms with Crippen LogP contribution in [0.5, 0.6) is 0 Å². The Balaban J connectivity index is 1.85. The van der Waals surface area contributed by atoms with E-state index in [9.17, 15) is 9.18 Å². The van der Waals surface area contributed by atoms with Crippen molar-refractivity contribution in [3.8, 4) is 0 Å². The van der Waals surface area contributed by atoms with Crippen LogP contribution in [0.15, 0.2) is 48.5 Å². The molecular formula is C16H17FN2O. The van der Waals surface area contributed by atoms with Crippen molar-refractivity contribution in [3.05, 3.63) is 65.5 Å². The summed E-state index contributed by atoms with van der Waals surface area (Å²) in [7, 11) is 0. The number of urea groups is 1. The summed E-state index contributed by atoms with van der Waals surface area (Å²) in [6.45, 7) is 2.37. The van der Waals surface area contributed by atoms with Crippen molar-refractivity contribution < 1.29 is 9.18 Å². The van der Waals surface area contributed by atoms with Crippen LogP contribution >= 0.6 is 0 Å². The van der Waals surface area contributed by atoms with E-state index in [1.807, 2.05) is 24.3 Å². The molecule has 0 fully saturated rings. The molecule has 0 spiro atoms. The Labute approximate surface area is 117 Å². The molecule has 2 N–H and O–H groups in total. The SMILES string of the molecule is CCc1ccc(NC(=O)NCc2cccc(F)c2)cc1. The average Bonchev–Trinajstić information content (AvgIpc) is 2.46. The highest BCUT2D eigenvalue weighted by Gasteiger charge is 2.02. The lowest BCUT2D eigenvalue weighted by Crippen LogP contribution is -2.28. The molecule has 0 unspecified atom stereocenters. The van der Waals surface area contributed by atoms with Crippen LogP contribution < -0.4 is 10.6 Å². The van der Waals surface area contributed by atoms with Crippen molar-refractivity contribution in [2.24, 2.45) is 0 Å². The quantitative estimate of drug-likeness (QED) is 0.875. The number of anilines is 1. The maximum atomic E-state index is 13.0. The van der Waals surface area contributed by atoms with Crippen molar-refractivity contribution in [2.75, 3.05) is 5.32 Å². The number of carbonyl (C=O) groups excluding carboxylic acids is 1. The molecule has 0 aliphatic heterocycles. The molecule has 104 valence electrons. The van der Waals surface area contributed by atoms with Gasteiger partial charge in [0.05, 0.1) is 0 Å². The van der Waals surface area contributed by atoms with E-state index in [4.69, 9.17) is 0 Å². The van der Waals surface area contributed by atoms with Crippen LogP contribution in [0.3, 0.4) is 0 Å². The first-order chi connectivity index (χ1) is 9.67. The van der Waals surface area contributed by atoms with Gasteiger partial charge >= 0.3 is 6.03 Å². The van der Waals surface area contributed by atoms with Crippen LogP contribution in [0.2, 0.25) is 0 Å². The molecule has 2 aromatic rings. The Morgan fingerprint density at radius 3 is 2.50 bits per heavy atom. The number of rotatable bonds is 4. The number of halogens is 1.